The standard InChI is InChI=1S/C10H7S.Sn.3H/c1-2-5-9(6-3-1)10-7-4-8-11-10;;;;/h1-7H;;;;. The first-order chi connectivity index (χ1) is 5.86. The molecule has 0 amide bonds. The Labute approximate surface area is 89.3 Å². The van der Waals surface area contributed by atoms with Gasteiger partial charge in [-0.2, -0.15) is 0 Å². The van der Waals surface area contributed by atoms with E-state index >= 15 is 0 Å². The molecule has 0 bridgehead atoms. The third-order valence-electron chi connectivity index (χ3n) is 1.80. The summed E-state index contributed by atoms with van der Waals surface area (Å²) in [7, 11) is 0. The van der Waals surface area contributed by atoms with Crippen LogP contribution in [0.15, 0.2) is 42.5 Å². The molecule has 2 aromatic rings. The second-order valence-electron chi connectivity index (χ2n) is 2.78. The predicted octanol–water partition coefficient (Wildman–Crippen LogP) is 1.41. The average Bonchev–Trinajstić information content (AvgIpc) is 2.54. The van der Waals surface area contributed by atoms with E-state index in [1.807, 2.05) is 11.3 Å². The summed E-state index contributed by atoms with van der Waals surface area (Å²) < 4.78 is 1.58. The molecule has 0 atom stereocenters. The summed E-state index contributed by atoms with van der Waals surface area (Å²) in [6, 6.07) is 15.1. The molecule has 1 aromatic carbocycles. The Balaban J connectivity index is 2.45. The van der Waals surface area contributed by atoms with Crippen molar-refractivity contribution in [3.63, 3.8) is 0 Å². The number of hydrogen-bond acceptors (Lipinski definition) is 1. The first kappa shape index (κ1) is 8.32. The molecule has 0 aliphatic rings. The Bertz CT molecular complexity index is 364. The maximum atomic E-state index is 2.25. The topological polar surface area (TPSA) is 0 Å². The molecule has 2 heteroatoms. The molecule has 0 spiro atoms. The molecule has 60 valence electrons. The fraction of sp³-hybridized carbons (Fsp3) is 0. The van der Waals surface area contributed by atoms with Gasteiger partial charge in [-0.1, -0.05) is 0 Å². The van der Waals surface area contributed by atoms with Crippen LogP contribution < -0.4 is 2.89 Å². The van der Waals surface area contributed by atoms with Crippen molar-refractivity contribution in [3.8, 4) is 10.4 Å². The summed E-state index contributed by atoms with van der Waals surface area (Å²) in [4.78, 5) is 1.41. The van der Waals surface area contributed by atoms with Crippen molar-refractivity contribution in [2.45, 2.75) is 0 Å². The summed E-state index contributed by atoms with van der Waals surface area (Å²) >= 11 is 2.60. The summed E-state index contributed by atoms with van der Waals surface area (Å²) in [5, 5.41) is 0. The molecule has 0 fully saturated rings. The van der Waals surface area contributed by atoms with Gasteiger partial charge < -0.3 is 0 Å². The van der Waals surface area contributed by atoms with Gasteiger partial charge in [-0.05, 0) is 0 Å². The van der Waals surface area contributed by atoms with Gasteiger partial charge in [-0.3, -0.25) is 0 Å². The van der Waals surface area contributed by atoms with Gasteiger partial charge >= 0.3 is 89.7 Å². The zero-order valence-corrected chi connectivity index (χ0v) is 13.5. The Morgan fingerprint density at radius 3 is 2.25 bits per heavy atom. The molecule has 2 rings (SSSR count). The van der Waals surface area contributed by atoms with Crippen LogP contribution in [0, 0.1) is 0 Å². The van der Waals surface area contributed by atoms with Crippen molar-refractivity contribution in [2.75, 3.05) is 0 Å². The molecule has 0 aliphatic carbocycles. The Kier molecular flexibility index (Phi) is 2.51. The minimum absolute atomic E-state index is 0.667. The Morgan fingerprint density at radius 1 is 0.917 bits per heavy atom. The molecule has 0 saturated carbocycles. The van der Waals surface area contributed by atoms with E-state index < -0.39 is 0 Å². The van der Waals surface area contributed by atoms with Crippen LogP contribution in [-0.2, 0) is 0 Å². The zero-order valence-electron chi connectivity index (χ0n) is 6.95. The van der Waals surface area contributed by atoms with Crippen molar-refractivity contribution in [1.82, 2.24) is 0 Å². The van der Waals surface area contributed by atoms with Crippen LogP contribution >= 0.6 is 11.3 Å². The van der Waals surface area contributed by atoms with Gasteiger partial charge in [0.2, 0.25) is 0 Å². The van der Waals surface area contributed by atoms with Crippen molar-refractivity contribution in [2.24, 2.45) is 0 Å². The van der Waals surface area contributed by atoms with E-state index in [1.165, 1.54) is 10.4 Å². The Morgan fingerprint density at radius 2 is 1.67 bits per heavy atom. The van der Waals surface area contributed by atoms with Crippen LogP contribution in [0.2, 0.25) is 0 Å². The van der Waals surface area contributed by atoms with Gasteiger partial charge in [-0.25, -0.2) is 0 Å². The van der Waals surface area contributed by atoms with Gasteiger partial charge in [0.15, 0.2) is 0 Å². The molecule has 0 saturated heterocycles. The summed E-state index contributed by atoms with van der Waals surface area (Å²) in [5.41, 5.74) is 1.35. The summed E-state index contributed by atoms with van der Waals surface area (Å²) in [6.07, 6.45) is 0. The van der Waals surface area contributed by atoms with Crippen LogP contribution in [0.4, 0.5) is 0 Å². The van der Waals surface area contributed by atoms with Gasteiger partial charge in [0, 0.05) is 0 Å². The first-order valence-electron chi connectivity index (χ1n) is 3.98. The molecule has 1 heterocycles. The molecular weight excluding hydrogens is 271 g/mol. The van der Waals surface area contributed by atoms with E-state index in [4.69, 9.17) is 0 Å². The molecule has 0 nitrogen and oxygen atoms in total. The monoisotopic (exact) mass is 282 g/mol. The van der Waals surface area contributed by atoms with E-state index in [9.17, 15) is 0 Å². The van der Waals surface area contributed by atoms with Crippen molar-refractivity contribution >= 4 is 36.8 Å². The summed E-state index contributed by atoms with van der Waals surface area (Å²) in [6.45, 7) is 0. The third-order valence-corrected chi connectivity index (χ3v) is 5.55. The zero-order chi connectivity index (χ0) is 8.39. The molecule has 0 unspecified atom stereocenters. The van der Waals surface area contributed by atoms with Gasteiger partial charge in [0.05, 0.1) is 0 Å². The van der Waals surface area contributed by atoms with Gasteiger partial charge in [0.25, 0.3) is 0 Å². The average molecular weight is 281 g/mol. The van der Waals surface area contributed by atoms with Crippen molar-refractivity contribution in [1.29, 1.82) is 0 Å². The van der Waals surface area contributed by atoms with E-state index in [1.54, 1.807) is 2.89 Å². The fourth-order valence-electron chi connectivity index (χ4n) is 1.19. The van der Waals surface area contributed by atoms with Crippen LogP contribution in [0.1, 0.15) is 0 Å². The van der Waals surface area contributed by atoms with Gasteiger partial charge in [0.1, 0.15) is 0 Å². The molecule has 1 aromatic heterocycles. The van der Waals surface area contributed by atoms with Gasteiger partial charge in [-0.15, -0.1) is 0 Å². The number of benzene rings is 1. The fourth-order valence-corrected chi connectivity index (χ4v) is 4.42. The maximum absolute atomic E-state index is 2.25. The Hall–Kier alpha value is -0.281. The number of rotatable bonds is 1. The second-order valence-corrected chi connectivity index (χ2v) is 9.21. The van der Waals surface area contributed by atoms with Crippen molar-refractivity contribution in [3.05, 3.63) is 42.5 Å². The number of hydrogen-bond donors (Lipinski definition) is 0. The molecule has 0 N–H and O–H groups in total. The predicted molar refractivity (Wildman–Crippen MR) is 59.3 cm³/mol. The summed E-state index contributed by atoms with van der Waals surface area (Å²) in [5.74, 6) is 0. The van der Waals surface area contributed by atoms with Crippen LogP contribution in [0.3, 0.4) is 0 Å². The first-order valence-corrected chi connectivity index (χ1v) is 7.65. The second kappa shape index (κ2) is 3.62. The van der Waals surface area contributed by atoms with E-state index in [0.29, 0.717) is 22.5 Å². The van der Waals surface area contributed by atoms with Crippen LogP contribution in [0.25, 0.3) is 10.4 Å². The van der Waals surface area contributed by atoms with E-state index in [-0.39, 0.29) is 0 Å². The molecule has 12 heavy (non-hydrogen) atoms. The van der Waals surface area contributed by atoms with E-state index in [0.717, 1.165) is 0 Å². The van der Waals surface area contributed by atoms with Crippen molar-refractivity contribution < 1.29 is 0 Å². The molecular formula is C10H10SSn. The number of thiophene rings is 1. The van der Waals surface area contributed by atoms with Crippen LogP contribution in [0.5, 0.6) is 0 Å². The molecule has 0 aliphatic heterocycles. The minimum atomic E-state index is 0.667. The normalized spacial score (nSPS) is 10.3. The SMILES string of the molecule is [SnH3][c]1ccc(-c2ccccc2)s1. The van der Waals surface area contributed by atoms with E-state index in [2.05, 4.69) is 42.5 Å². The van der Waals surface area contributed by atoms with Crippen LogP contribution in [-0.4, -0.2) is 22.5 Å². The third kappa shape index (κ3) is 1.72. The quantitative estimate of drug-likeness (QED) is 0.693. The molecule has 0 radical (unpaired) electrons.